The SMILES string of the molecule is Nc1ccc2cnn(CC(=O)NCc3ccco3)c2c1. The number of nitrogens with one attached hydrogen (secondary N) is 1. The number of nitrogens with two attached hydrogens (primary N) is 1. The van der Waals surface area contributed by atoms with E-state index >= 15 is 0 Å². The summed E-state index contributed by atoms with van der Waals surface area (Å²) in [5, 5.41) is 7.93. The van der Waals surface area contributed by atoms with Gasteiger partial charge in [0.1, 0.15) is 12.3 Å². The zero-order valence-corrected chi connectivity index (χ0v) is 10.7. The van der Waals surface area contributed by atoms with Crippen LogP contribution in [0.1, 0.15) is 5.76 Å². The van der Waals surface area contributed by atoms with Crippen molar-refractivity contribution in [2.75, 3.05) is 5.73 Å². The van der Waals surface area contributed by atoms with Gasteiger partial charge in [0.2, 0.25) is 5.91 Å². The molecule has 102 valence electrons. The van der Waals surface area contributed by atoms with Gasteiger partial charge in [0.05, 0.1) is 24.5 Å². The van der Waals surface area contributed by atoms with Gasteiger partial charge in [-0.05, 0) is 30.3 Å². The Morgan fingerprint density at radius 1 is 1.40 bits per heavy atom. The fourth-order valence-electron chi connectivity index (χ4n) is 2.00. The summed E-state index contributed by atoms with van der Waals surface area (Å²) >= 11 is 0. The van der Waals surface area contributed by atoms with Crippen LogP contribution in [-0.2, 0) is 17.9 Å². The summed E-state index contributed by atoms with van der Waals surface area (Å²) in [6.07, 6.45) is 3.29. The van der Waals surface area contributed by atoms with Crippen LogP contribution in [0.25, 0.3) is 10.9 Å². The van der Waals surface area contributed by atoms with Crippen molar-refractivity contribution in [2.24, 2.45) is 0 Å². The Morgan fingerprint density at radius 3 is 3.10 bits per heavy atom. The van der Waals surface area contributed by atoms with Crippen molar-refractivity contribution >= 4 is 22.5 Å². The van der Waals surface area contributed by atoms with Crippen LogP contribution in [0.5, 0.6) is 0 Å². The van der Waals surface area contributed by atoms with E-state index in [9.17, 15) is 4.79 Å². The fraction of sp³-hybridized carbons (Fsp3) is 0.143. The number of furan rings is 1. The summed E-state index contributed by atoms with van der Waals surface area (Å²) in [4.78, 5) is 11.9. The maximum Gasteiger partial charge on any atom is 0.242 e. The molecule has 0 saturated carbocycles. The molecule has 6 heteroatoms. The average molecular weight is 270 g/mol. The van der Waals surface area contributed by atoms with Gasteiger partial charge in [0, 0.05) is 11.1 Å². The van der Waals surface area contributed by atoms with Gasteiger partial charge in [-0.2, -0.15) is 5.10 Å². The Labute approximate surface area is 115 Å². The Hall–Kier alpha value is -2.76. The van der Waals surface area contributed by atoms with Gasteiger partial charge in [-0.25, -0.2) is 0 Å². The van der Waals surface area contributed by atoms with Gasteiger partial charge in [-0.3, -0.25) is 9.48 Å². The first-order valence-corrected chi connectivity index (χ1v) is 6.22. The topological polar surface area (TPSA) is 86.1 Å². The quantitative estimate of drug-likeness (QED) is 0.704. The third-order valence-corrected chi connectivity index (χ3v) is 3.00. The van der Waals surface area contributed by atoms with E-state index in [2.05, 4.69) is 10.4 Å². The summed E-state index contributed by atoms with van der Waals surface area (Å²) in [5.74, 6) is 0.585. The number of fused-ring (bicyclic) bond motifs is 1. The van der Waals surface area contributed by atoms with Crippen LogP contribution >= 0.6 is 0 Å². The summed E-state index contributed by atoms with van der Waals surface area (Å²) < 4.78 is 6.78. The first-order valence-electron chi connectivity index (χ1n) is 6.22. The number of nitrogens with zero attached hydrogens (tertiary/aromatic N) is 2. The van der Waals surface area contributed by atoms with Crippen LogP contribution in [-0.4, -0.2) is 15.7 Å². The fourth-order valence-corrected chi connectivity index (χ4v) is 2.00. The molecule has 1 aromatic carbocycles. The molecule has 0 saturated heterocycles. The van der Waals surface area contributed by atoms with Gasteiger partial charge in [-0.15, -0.1) is 0 Å². The van der Waals surface area contributed by atoms with E-state index in [0.29, 0.717) is 18.0 Å². The number of benzene rings is 1. The van der Waals surface area contributed by atoms with E-state index in [1.54, 1.807) is 23.2 Å². The minimum Gasteiger partial charge on any atom is -0.467 e. The second kappa shape index (κ2) is 5.08. The third-order valence-electron chi connectivity index (χ3n) is 3.00. The van der Waals surface area contributed by atoms with Crippen molar-refractivity contribution in [2.45, 2.75) is 13.1 Å². The minimum absolute atomic E-state index is 0.131. The van der Waals surface area contributed by atoms with Crippen LogP contribution in [0.15, 0.2) is 47.2 Å². The molecule has 3 aromatic rings. The van der Waals surface area contributed by atoms with E-state index in [4.69, 9.17) is 10.2 Å². The number of hydrogen-bond donors (Lipinski definition) is 2. The van der Waals surface area contributed by atoms with Gasteiger partial charge < -0.3 is 15.5 Å². The molecule has 20 heavy (non-hydrogen) atoms. The zero-order valence-electron chi connectivity index (χ0n) is 10.7. The molecule has 1 amide bonds. The Balaban J connectivity index is 1.69. The lowest BCUT2D eigenvalue weighted by atomic mass is 10.2. The monoisotopic (exact) mass is 270 g/mol. The lowest BCUT2D eigenvalue weighted by molar-refractivity contribution is -0.122. The number of carbonyl (C=O) groups excluding carboxylic acids is 1. The molecule has 3 N–H and O–H groups in total. The van der Waals surface area contributed by atoms with Crippen LogP contribution in [0, 0.1) is 0 Å². The van der Waals surface area contributed by atoms with E-state index in [1.807, 2.05) is 24.3 Å². The molecule has 0 atom stereocenters. The van der Waals surface area contributed by atoms with Crippen molar-refractivity contribution in [3.63, 3.8) is 0 Å². The highest BCUT2D eigenvalue weighted by Crippen LogP contribution is 2.16. The van der Waals surface area contributed by atoms with Crippen molar-refractivity contribution in [3.8, 4) is 0 Å². The van der Waals surface area contributed by atoms with Crippen molar-refractivity contribution < 1.29 is 9.21 Å². The van der Waals surface area contributed by atoms with E-state index in [1.165, 1.54) is 0 Å². The highest BCUT2D eigenvalue weighted by atomic mass is 16.3. The summed E-state index contributed by atoms with van der Waals surface area (Å²) in [7, 11) is 0. The number of anilines is 1. The van der Waals surface area contributed by atoms with E-state index in [0.717, 1.165) is 10.9 Å². The standard InChI is InChI=1S/C14H14N4O2/c15-11-4-3-10-7-17-18(13(10)6-11)9-14(19)16-8-12-2-1-5-20-12/h1-7H,8-9,15H2,(H,16,19). The maximum absolute atomic E-state index is 11.9. The molecule has 2 aromatic heterocycles. The first-order chi connectivity index (χ1) is 9.72. The summed E-state index contributed by atoms with van der Waals surface area (Å²) in [5.41, 5.74) is 7.25. The van der Waals surface area contributed by atoms with E-state index < -0.39 is 0 Å². The van der Waals surface area contributed by atoms with Gasteiger partial charge in [0.25, 0.3) is 0 Å². The molecule has 0 aliphatic heterocycles. The van der Waals surface area contributed by atoms with Crippen LogP contribution in [0.3, 0.4) is 0 Å². The number of hydrogen-bond acceptors (Lipinski definition) is 4. The number of rotatable bonds is 4. The zero-order chi connectivity index (χ0) is 13.9. The molecule has 2 heterocycles. The molecule has 3 rings (SSSR count). The number of carbonyl (C=O) groups is 1. The third kappa shape index (κ3) is 2.49. The molecule has 0 aliphatic carbocycles. The Bertz CT molecular complexity index is 731. The molecule has 6 nitrogen and oxygen atoms in total. The highest BCUT2D eigenvalue weighted by molar-refractivity contribution is 5.84. The molecule has 0 aliphatic rings. The first kappa shape index (κ1) is 12.3. The van der Waals surface area contributed by atoms with Crippen LogP contribution in [0.2, 0.25) is 0 Å². The lowest BCUT2D eigenvalue weighted by Crippen LogP contribution is -2.27. The second-order valence-corrected chi connectivity index (χ2v) is 4.48. The summed E-state index contributed by atoms with van der Waals surface area (Å²) in [6.45, 7) is 0.515. The molecular weight excluding hydrogens is 256 g/mol. The van der Waals surface area contributed by atoms with Crippen molar-refractivity contribution in [1.29, 1.82) is 0 Å². The Kier molecular flexibility index (Phi) is 3.12. The largest absolute Gasteiger partial charge is 0.467 e. The number of nitrogen functional groups attached to an aromatic ring is 1. The minimum atomic E-state index is -0.131. The molecule has 0 spiro atoms. The van der Waals surface area contributed by atoms with Crippen LogP contribution < -0.4 is 11.1 Å². The normalized spacial score (nSPS) is 10.8. The second-order valence-electron chi connectivity index (χ2n) is 4.48. The van der Waals surface area contributed by atoms with Gasteiger partial charge in [0.15, 0.2) is 0 Å². The predicted molar refractivity (Wildman–Crippen MR) is 74.7 cm³/mol. The number of aromatic nitrogens is 2. The highest BCUT2D eigenvalue weighted by Gasteiger charge is 2.08. The van der Waals surface area contributed by atoms with E-state index in [-0.39, 0.29) is 12.5 Å². The maximum atomic E-state index is 11.9. The van der Waals surface area contributed by atoms with Crippen molar-refractivity contribution in [3.05, 3.63) is 48.6 Å². The summed E-state index contributed by atoms with van der Waals surface area (Å²) in [6, 6.07) is 9.10. The molecule has 0 radical (unpaired) electrons. The Morgan fingerprint density at radius 2 is 2.30 bits per heavy atom. The average Bonchev–Trinajstić information content (AvgIpc) is 3.07. The molecule has 0 bridgehead atoms. The van der Waals surface area contributed by atoms with Crippen LogP contribution in [0.4, 0.5) is 5.69 Å². The predicted octanol–water partition coefficient (Wildman–Crippen LogP) is 1.53. The number of amides is 1. The molecular formula is C14H14N4O2. The van der Waals surface area contributed by atoms with Gasteiger partial charge >= 0.3 is 0 Å². The lowest BCUT2D eigenvalue weighted by Gasteiger charge is -2.05. The van der Waals surface area contributed by atoms with Gasteiger partial charge in [-0.1, -0.05) is 0 Å². The molecule has 0 fully saturated rings. The van der Waals surface area contributed by atoms with Crippen molar-refractivity contribution in [1.82, 2.24) is 15.1 Å². The smallest absolute Gasteiger partial charge is 0.242 e. The molecule has 0 unspecified atom stereocenters.